The average Bonchev–Trinajstić information content (AvgIpc) is 2.27. The monoisotopic (exact) mass is 306 g/mol. The van der Waals surface area contributed by atoms with E-state index in [-0.39, 0.29) is 0 Å². The Morgan fingerprint density at radius 2 is 2.06 bits per heavy atom. The van der Waals surface area contributed by atoms with E-state index in [1.807, 2.05) is 6.07 Å². The molecule has 0 spiro atoms. The molecule has 2 aromatic rings. The molecular formula is C15H19BrN2. The summed E-state index contributed by atoms with van der Waals surface area (Å²) in [5.74, 6) is 0. The SMILES string of the molecule is Cc1cc(CN(C)CC(C)Br)c2ccccc2n1. The number of pyridine rings is 1. The standard InChI is InChI=1S/C15H19BrN2/c1-11(16)9-18(3)10-13-8-12(2)17-15-7-5-4-6-14(13)15/h4-8,11H,9-10H2,1-3H3. The lowest BCUT2D eigenvalue weighted by molar-refractivity contribution is 0.334. The average molecular weight is 307 g/mol. The second kappa shape index (κ2) is 5.81. The minimum absolute atomic E-state index is 0.511. The number of aromatic nitrogens is 1. The van der Waals surface area contributed by atoms with Crippen LogP contribution in [-0.2, 0) is 6.54 Å². The van der Waals surface area contributed by atoms with Crippen molar-refractivity contribution in [3.8, 4) is 0 Å². The van der Waals surface area contributed by atoms with Crippen LogP contribution in [-0.4, -0.2) is 28.3 Å². The van der Waals surface area contributed by atoms with E-state index in [4.69, 9.17) is 0 Å². The molecule has 0 aliphatic heterocycles. The molecule has 1 aromatic heterocycles. The Morgan fingerprint density at radius 1 is 1.33 bits per heavy atom. The summed E-state index contributed by atoms with van der Waals surface area (Å²) in [6.45, 7) is 6.23. The smallest absolute Gasteiger partial charge is 0.0708 e. The molecule has 0 aliphatic rings. The fraction of sp³-hybridized carbons (Fsp3) is 0.400. The Kier molecular flexibility index (Phi) is 4.36. The van der Waals surface area contributed by atoms with Crippen molar-refractivity contribution in [1.82, 2.24) is 9.88 Å². The van der Waals surface area contributed by atoms with Crippen LogP contribution in [0.2, 0.25) is 0 Å². The largest absolute Gasteiger partial charge is 0.301 e. The highest BCUT2D eigenvalue weighted by molar-refractivity contribution is 9.09. The molecule has 3 heteroatoms. The van der Waals surface area contributed by atoms with Crippen molar-refractivity contribution in [2.75, 3.05) is 13.6 Å². The molecule has 1 aromatic carbocycles. The van der Waals surface area contributed by atoms with Crippen molar-refractivity contribution in [2.24, 2.45) is 0 Å². The van der Waals surface area contributed by atoms with E-state index < -0.39 is 0 Å². The highest BCUT2D eigenvalue weighted by atomic mass is 79.9. The van der Waals surface area contributed by atoms with Crippen molar-refractivity contribution in [1.29, 1.82) is 0 Å². The molecule has 0 N–H and O–H groups in total. The van der Waals surface area contributed by atoms with Crippen molar-refractivity contribution < 1.29 is 0 Å². The molecule has 1 unspecified atom stereocenters. The van der Waals surface area contributed by atoms with Gasteiger partial charge in [0.2, 0.25) is 0 Å². The van der Waals surface area contributed by atoms with Gasteiger partial charge in [-0.05, 0) is 31.7 Å². The third-order valence-electron chi connectivity index (χ3n) is 2.93. The number of benzene rings is 1. The van der Waals surface area contributed by atoms with Crippen molar-refractivity contribution >= 4 is 26.8 Å². The Labute approximate surface area is 117 Å². The molecular weight excluding hydrogens is 288 g/mol. The normalized spacial score (nSPS) is 13.2. The maximum atomic E-state index is 4.58. The van der Waals surface area contributed by atoms with Gasteiger partial charge in [0.05, 0.1) is 5.52 Å². The first-order valence-corrected chi connectivity index (χ1v) is 7.15. The van der Waals surface area contributed by atoms with Gasteiger partial charge in [-0.15, -0.1) is 0 Å². The molecule has 0 amide bonds. The van der Waals surface area contributed by atoms with Gasteiger partial charge in [0, 0.05) is 29.0 Å². The molecule has 0 saturated carbocycles. The summed E-state index contributed by atoms with van der Waals surface area (Å²) in [4.78, 5) is 7.42. The predicted molar refractivity (Wildman–Crippen MR) is 81.2 cm³/mol. The predicted octanol–water partition coefficient (Wildman–Crippen LogP) is 3.76. The Hall–Kier alpha value is -0.930. The van der Waals surface area contributed by atoms with E-state index in [1.54, 1.807) is 0 Å². The van der Waals surface area contributed by atoms with Crippen LogP contribution < -0.4 is 0 Å². The van der Waals surface area contributed by atoms with Crippen molar-refractivity contribution in [3.63, 3.8) is 0 Å². The molecule has 0 fully saturated rings. The van der Waals surface area contributed by atoms with Gasteiger partial charge in [-0.3, -0.25) is 4.98 Å². The summed E-state index contributed by atoms with van der Waals surface area (Å²) < 4.78 is 0. The van der Waals surface area contributed by atoms with E-state index >= 15 is 0 Å². The zero-order valence-electron chi connectivity index (χ0n) is 11.2. The van der Waals surface area contributed by atoms with Crippen LogP contribution in [0.25, 0.3) is 10.9 Å². The van der Waals surface area contributed by atoms with Crippen molar-refractivity contribution in [2.45, 2.75) is 25.2 Å². The van der Waals surface area contributed by atoms with Crippen LogP contribution in [0.1, 0.15) is 18.2 Å². The molecule has 0 aliphatic carbocycles. The third-order valence-corrected chi connectivity index (χ3v) is 3.22. The lowest BCUT2D eigenvalue weighted by atomic mass is 10.1. The molecule has 96 valence electrons. The second-order valence-corrected chi connectivity index (χ2v) is 6.48. The molecule has 2 nitrogen and oxygen atoms in total. The van der Waals surface area contributed by atoms with Crippen LogP contribution >= 0.6 is 15.9 Å². The first-order chi connectivity index (χ1) is 8.56. The van der Waals surface area contributed by atoms with Gasteiger partial charge in [-0.2, -0.15) is 0 Å². The first kappa shape index (κ1) is 13.5. The maximum absolute atomic E-state index is 4.58. The summed E-state index contributed by atoms with van der Waals surface area (Å²) in [6.07, 6.45) is 0. The van der Waals surface area contributed by atoms with Gasteiger partial charge in [0.25, 0.3) is 0 Å². The van der Waals surface area contributed by atoms with Crippen molar-refractivity contribution in [3.05, 3.63) is 41.6 Å². The quantitative estimate of drug-likeness (QED) is 0.800. The summed E-state index contributed by atoms with van der Waals surface area (Å²) in [5, 5.41) is 1.26. The highest BCUT2D eigenvalue weighted by Crippen LogP contribution is 2.19. The minimum atomic E-state index is 0.511. The molecule has 2 rings (SSSR count). The number of para-hydroxylation sites is 1. The number of alkyl halides is 1. The topological polar surface area (TPSA) is 16.1 Å². The molecule has 0 bridgehead atoms. The number of halogens is 1. The van der Waals surface area contributed by atoms with E-state index in [0.29, 0.717) is 4.83 Å². The summed E-state index contributed by atoms with van der Waals surface area (Å²) >= 11 is 3.60. The van der Waals surface area contributed by atoms with Crippen LogP contribution in [0.15, 0.2) is 30.3 Å². The third kappa shape index (κ3) is 3.30. The van der Waals surface area contributed by atoms with Crippen LogP contribution in [0.4, 0.5) is 0 Å². The Balaban J connectivity index is 2.32. The van der Waals surface area contributed by atoms with E-state index in [2.05, 4.69) is 71.0 Å². The van der Waals surface area contributed by atoms with Crippen LogP contribution in [0.3, 0.4) is 0 Å². The number of fused-ring (bicyclic) bond motifs is 1. The fourth-order valence-electron chi connectivity index (χ4n) is 2.31. The fourth-order valence-corrected chi connectivity index (χ4v) is 2.80. The summed E-state index contributed by atoms with van der Waals surface area (Å²) in [5.41, 5.74) is 3.53. The molecule has 0 saturated heterocycles. The minimum Gasteiger partial charge on any atom is -0.301 e. The zero-order valence-corrected chi connectivity index (χ0v) is 12.7. The van der Waals surface area contributed by atoms with E-state index in [0.717, 1.165) is 24.3 Å². The lowest BCUT2D eigenvalue weighted by Crippen LogP contribution is -2.24. The number of aryl methyl sites for hydroxylation is 1. The highest BCUT2D eigenvalue weighted by Gasteiger charge is 2.08. The van der Waals surface area contributed by atoms with Gasteiger partial charge in [0.15, 0.2) is 0 Å². The molecule has 1 heterocycles. The van der Waals surface area contributed by atoms with E-state index in [1.165, 1.54) is 10.9 Å². The van der Waals surface area contributed by atoms with Gasteiger partial charge in [0.1, 0.15) is 0 Å². The lowest BCUT2D eigenvalue weighted by Gasteiger charge is -2.19. The summed E-state index contributed by atoms with van der Waals surface area (Å²) in [6, 6.07) is 10.6. The Bertz CT molecular complexity index is 537. The molecule has 1 atom stereocenters. The summed E-state index contributed by atoms with van der Waals surface area (Å²) in [7, 11) is 2.16. The van der Waals surface area contributed by atoms with Gasteiger partial charge in [-0.1, -0.05) is 41.1 Å². The van der Waals surface area contributed by atoms with Gasteiger partial charge in [-0.25, -0.2) is 0 Å². The number of nitrogens with zero attached hydrogens (tertiary/aromatic N) is 2. The van der Waals surface area contributed by atoms with Crippen LogP contribution in [0, 0.1) is 6.92 Å². The van der Waals surface area contributed by atoms with E-state index in [9.17, 15) is 0 Å². The number of rotatable bonds is 4. The second-order valence-electron chi connectivity index (χ2n) is 4.92. The van der Waals surface area contributed by atoms with Gasteiger partial charge < -0.3 is 4.90 Å². The number of hydrogen-bond donors (Lipinski definition) is 0. The van der Waals surface area contributed by atoms with Gasteiger partial charge >= 0.3 is 0 Å². The van der Waals surface area contributed by atoms with Crippen LogP contribution in [0.5, 0.6) is 0 Å². The molecule has 18 heavy (non-hydrogen) atoms. The number of hydrogen-bond acceptors (Lipinski definition) is 2. The Morgan fingerprint density at radius 3 is 2.78 bits per heavy atom. The zero-order chi connectivity index (χ0) is 13.1. The maximum Gasteiger partial charge on any atom is 0.0708 e. The molecule has 0 radical (unpaired) electrons. The first-order valence-electron chi connectivity index (χ1n) is 6.24.